The molecule has 1 aromatic carbocycles. The fourth-order valence-electron chi connectivity index (χ4n) is 5.67. The zero-order chi connectivity index (χ0) is 26.2. The molecule has 0 bridgehead atoms. The van der Waals surface area contributed by atoms with E-state index in [1.807, 2.05) is 36.4 Å². The summed E-state index contributed by atoms with van der Waals surface area (Å²) in [6, 6.07) is 14.2. The molecule has 2 saturated heterocycles. The van der Waals surface area contributed by atoms with Crippen LogP contribution in [0.3, 0.4) is 0 Å². The second-order valence-electron chi connectivity index (χ2n) is 12.0. The van der Waals surface area contributed by atoms with Gasteiger partial charge >= 0.3 is 6.03 Å². The number of aromatic nitrogens is 2. The molecule has 4 heterocycles. The normalized spacial score (nSPS) is 18.1. The molecule has 0 atom stereocenters. The molecular weight excluding hydrogens is 460 g/mol. The predicted molar refractivity (Wildman–Crippen MR) is 151 cm³/mol. The second kappa shape index (κ2) is 10.4. The van der Waals surface area contributed by atoms with E-state index in [9.17, 15) is 4.79 Å². The molecule has 0 saturated carbocycles. The highest BCUT2D eigenvalue weighted by Crippen LogP contribution is 2.32. The maximum absolute atomic E-state index is 12.6. The number of rotatable bonds is 4. The van der Waals surface area contributed by atoms with E-state index in [0.717, 1.165) is 18.6 Å². The molecule has 0 unspecified atom stereocenters. The number of piperazine rings is 1. The lowest BCUT2D eigenvalue weighted by atomic mass is 9.88. The molecule has 37 heavy (non-hydrogen) atoms. The van der Waals surface area contributed by atoms with Crippen LogP contribution < -0.4 is 10.2 Å². The topological polar surface area (TPSA) is 56.1 Å². The van der Waals surface area contributed by atoms with Crippen LogP contribution in [0.1, 0.15) is 58.9 Å². The van der Waals surface area contributed by atoms with Gasteiger partial charge < -0.3 is 20.0 Å². The summed E-state index contributed by atoms with van der Waals surface area (Å²) in [5.41, 5.74) is 5.92. The molecule has 7 nitrogen and oxygen atoms in total. The highest BCUT2D eigenvalue weighted by atomic mass is 16.2. The van der Waals surface area contributed by atoms with E-state index in [2.05, 4.69) is 76.7 Å². The number of nitrogens with one attached hydrogen (secondary N) is 1. The van der Waals surface area contributed by atoms with Crippen LogP contribution in [0.25, 0.3) is 16.6 Å². The Kier molecular flexibility index (Phi) is 7.17. The number of amides is 2. The Bertz CT molecular complexity index is 1210. The highest BCUT2D eigenvalue weighted by molar-refractivity contribution is 5.80. The zero-order valence-electron chi connectivity index (χ0n) is 23.1. The third-order valence-electron chi connectivity index (χ3n) is 7.85. The average molecular weight is 503 g/mol. The largest absolute Gasteiger partial charge is 0.366 e. The number of piperidine rings is 1. The van der Waals surface area contributed by atoms with Gasteiger partial charge in [0, 0.05) is 55.7 Å². The summed E-state index contributed by atoms with van der Waals surface area (Å²) in [6.45, 7) is 16.1. The fraction of sp³-hybridized carbons (Fsp3) is 0.533. The van der Waals surface area contributed by atoms with Crippen molar-refractivity contribution in [1.82, 2.24) is 24.7 Å². The van der Waals surface area contributed by atoms with Crippen LogP contribution in [0.15, 0.2) is 48.8 Å². The Balaban J connectivity index is 1.27. The van der Waals surface area contributed by atoms with Crippen molar-refractivity contribution in [2.45, 2.75) is 65.0 Å². The van der Waals surface area contributed by atoms with Gasteiger partial charge in [0.1, 0.15) is 0 Å². The first-order chi connectivity index (χ1) is 17.7. The van der Waals surface area contributed by atoms with Crippen LogP contribution in [0.4, 0.5) is 10.5 Å². The summed E-state index contributed by atoms with van der Waals surface area (Å²) >= 11 is 0. The molecule has 2 aromatic heterocycles. The second-order valence-corrected chi connectivity index (χ2v) is 12.0. The van der Waals surface area contributed by atoms with Crippen molar-refractivity contribution < 1.29 is 4.79 Å². The Morgan fingerprint density at radius 3 is 2.24 bits per heavy atom. The average Bonchev–Trinajstić information content (AvgIpc) is 3.33. The van der Waals surface area contributed by atoms with Crippen molar-refractivity contribution >= 4 is 17.2 Å². The molecule has 2 aliphatic heterocycles. The van der Waals surface area contributed by atoms with Crippen LogP contribution in [0.5, 0.6) is 0 Å². The minimum Gasteiger partial charge on any atom is -0.366 e. The van der Waals surface area contributed by atoms with Crippen molar-refractivity contribution in [2.75, 3.05) is 44.2 Å². The summed E-state index contributed by atoms with van der Waals surface area (Å²) in [4.78, 5) is 19.4. The lowest BCUT2D eigenvalue weighted by Crippen LogP contribution is -2.55. The van der Waals surface area contributed by atoms with Crippen LogP contribution in [-0.2, 0) is 0 Å². The first-order valence-corrected chi connectivity index (χ1v) is 13.8. The number of nitrogens with zero attached hydrogens (tertiary/aromatic N) is 5. The molecule has 198 valence electrons. The summed E-state index contributed by atoms with van der Waals surface area (Å²) in [6.07, 6.45) is 6.48. The molecule has 3 aromatic rings. The molecule has 2 amide bonds. The van der Waals surface area contributed by atoms with Gasteiger partial charge in [0.15, 0.2) is 0 Å². The number of benzene rings is 1. The van der Waals surface area contributed by atoms with Crippen LogP contribution in [-0.4, -0.2) is 76.3 Å². The van der Waals surface area contributed by atoms with Gasteiger partial charge in [-0.25, -0.2) is 9.31 Å². The first-order valence-electron chi connectivity index (χ1n) is 13.8. The highest BCUT2D eigenvalue weighted by Gasteiger charge is 2.25. The molecule has 0 aliphatic carbocycles. The van der Waals surface area contributed by atoms with Gasteiger partial charge in [0.25, 0.3) is 0 Å². The third-order valence-corrected chi connectivity index (χ3v) is 7.85. The van der Waals surface area contributed by atoms with Gasteiger partial charge in [-0.15, -0.1) is 0 Å². The van der Waals surface area contributed by atoms with Crippen molar-refractivity contribution in [2.24, 2.45) is 0 Å². The molecule has 2 aliphatic rings. The maximum atomic E-state index is 12.6. The minimum absolute atomic E-state index is 0.0194. The van der Waals surface area contributed by atoms with E-state index < -0.39 is 0 Å². The van der Waals surface area contributed by atoms with Crippen LogP contribution >= 0.6 is 0 Å². The minimum atomic E-state index is -0.225. The Hall–Kier alpha value is -3.06. The van der Waals surface area contributed by atoms with E-state index in [0.29, 0.717) is 25.0 Å². The third kappa shape index (κ3) is 5.77. The van der Waals surface area contributed by atoms with Gasteiger partial charge in [-0.1, -0.05) is 24.3 Å². The van der Waals surface area contributed by atoms with Crippen molar-refractivity contribution in [3.63, 3.8) is 0 Å². The lowest BCUT2D eigenvalue weighted by Gasteiger charge is -2.37. The molecule has 0 radical (unpaired) electrons. The van der Waals surface area contributed by atoms with Crippen molar-refractivity contribution in [1.29, 1.82) is 0 Å². The number of fused-ring (bicyclic) bond motifs is 1. The van der Waals surface area contributed by atoms with E-state index >= 15 is 0 Å². The number of hydrogen-bond donors (Lipinski definition) is 1. The number of hydrogen-bond acceptors (Lipinski definition) is 4. The monoisotopic (exact) mass is 502 g/mol. The van der Waals surface area contributed by atoms with Gasteiger partial charge in [-0.3, -0.25) is 0 Å². The molecule has 7 heteroatoms. The molecule has 5 rings (SSSR count). The predicted octanol–water partition coefficient (Wildman–Crippen LogP) is 5.22. The number of urea groups is 1. The number of anilines is 1. The lowest BCUT2D eigenvalue weighted by molar-refractivity contribution is 0.172. The summed E-state index contributed by atoms with van der Waals surface area (Å²) in [5, 5.41) is 7.67. The Morgan fingerprint density at radius 2 is 1.62 bits per heavy atom. The Morgan fingerprint density at radius 1 is 0.946 bits per heavy atom. The standard InChI is InChI=1S/C30H42N6O/c1-22(2)33-14-11-25(12-15-33)23-6-8-24(9-7-23)26-20-28-27(10-13-31-36(28)21-26)34-16-18-35(19-17-34)29(37)32-30(3,4)5/h6-10,13,20-22,25H,11-12,14-19H2,1-5H3,(H,32,37). The SMILES string of the molecule is CC(C)N1CCC(c2ccc(-c3cc4c(N5CCN(C(=O)NC(C)(C)C)CC5)ccnn4c3)cc2)CC1. The van der Waals surface area contributed by atoms with E-state index in [1.54, 1.807) is 0 Å². The van der Waals surface area contributed by atoms with Gasteiger partial charge in [-0.2, -0.15) is 5.10 Å². The van der Waals surface area contributed by atoms with Gasteiger partial charge in [-0.05, 0) is 89.7 Å². The molecule has 2 fully saturated rings. The molecular formula is C30H42N6O. The van der Waals surface area contributed by atoms with E-state index in [1.165, 1.54) is 48.3 Å². The maximum Gasteiger partial charge on any atom is 0.317 e. The number of carbonyl (C=O) groups is 1. The summed E-state index contributed by atoms with van der Waals surface area (Å²) < 4.78 is 1.99. The Labute approximate surface area is 221 Å². The number of likely N-dealkylation sites (tertiary alicyclic amines) is 1. The van der Waals surface area contributed by atoms with Crippen molar-refractivity contribution in [3.05, 3.63) is 54.4 Å². The smallest absolute Gasteiger partial charge is 0.317 e. The van der Waals surface area contributed by atoms with Crippen LogP contribution in [0, 0.1) is 0 Å². The molecule has 0 spiro atoms. The zero-order valence-corrected chi connectivity index (χ0v) is 23.1. The van der Waals surface area contributed by atoms with E-state index in [-0.39, 0.29) is 11.6 Å². The first kappa shape index (κ1) is 25.6. The van der Waals surface area contributed by atoms with Gasteiger partial charge in [0.2, 0.25) is 0 Å². The molecule has 1 N–H and O–H groups in total. The number of carbonyl (C=O) groups excluding carboxylic acids is 1. The fourth-order valence-corrected chi connectivity index (χ4v) is 5.67. The van der Waals surface area contributed by atoms with Crippen LogP contribution in [0.2, 0.25) is 0 Å². The van der Waals surface area contributed by atoms with E-state index in [4.69, 9.17) is 0 Å². The summed E-state index contributed by atoms with van der Waals surface area (Å²) in [5.74, 6) is 0.662. The van der Waals surface area contributed by atoms with Crippen molar-refractivity contribution in [3.8, 4) is 11.1 Å². The van der Waals surface area contributed by atoms with Gasteiger partial charge in [0.05, 0.1) is 11.2 Å². The quantitative estimate of drug-likeness (QED) is 0.532. The summed E-state index contributed by atoms with van der Waals surface area (Å²) in [7, 11) is 0.